The maximum absolute atomic E-state index is 6.43. The van der Waals surface area contributed by atoms with Gasteiger partial charge in [0.2, 0.25) is 5.89 Å². The summed E-state index contributed by atoms with van der Waals surface area (Å²) in [6.07, 6.45) is 0. The van der Waals surface area contributed by atoms with Gasteiger partial charge in [0.05, 0.1) is 0 Å². The second-order valence-electron chi connectivity index (χ2n) is 14.4. The number of benzene rings is 9. The van der Waals surface area contributed by atoms with Crippen LogP contribution in [0.2, 0.25) is 0 Å². The molecule has 0 amide bonds. The highest BCUT2D eigenvalue weighted by molar-refractivity contribution is 6.09. The van der Waals surface area contributed by atoms with Crippen molar-refractivity contribution in [3.8, 4) is 44.8 Å². The van der Waals surface area contributed by atoms with E-state index in [-0.39, 0.29) is 0 Å². The summed E-state index contributed by atoms with van der Waals surface area (Å²) in [7, 11) is 0. The van der Waals surface area contributed by atoms with Crippen molar-refractivity contribution in [1.82, 2.24) is 4.98 Å². The Kier molecular flexibility index (Phi) is 7.78. The summed E-state index contributed by atoms with van der Waals surface area (Å²) >= 11 is 0. The second kappa shape index (κ2) is 13.6. The Bertz CT molecular complexity index is 3200. The highest BCUT2D eigenvalue weighted by Crippen LogP contribution is 2.40. The number of rotatable bonds is 7. The third kappa shape index (κ3) is 5.92. The van der Waals surface area contributed by atoms with Crippen LogP contribution in [0.4, 0.5) is 17.1 Å². The van der Waals surface area contributed by atoms with E-state index in [2.05, 4.69) is 169 Å². The number of hydrogen-bond acceptors (Lipinski definition) is 4. The third-order valence-electron chi connectivity index (χ3n) is 10.9. The minimum Gasteiger partial charge on any atom is -0.456 e. The zero-order chi connectivity index (χ0) is 37.7. The van der Waals surface area contributed by atoms with Gasteiger partial charge in [0.1, 0.15) is 16.7 Å². The molecule has 2 heterocycles. The molecule has 11 rings (SSSR count). The van der Waals surface area contributed by atoms with Crippen LogP contribution in [0, 0.1) is 0 Å². The molecule has 4 heteroatoms. The summed E-state index contributed by atoms with van der Waals surface area (Å²) in [5, 5.41) is 4.54. The zero-order valence-electron chi connectivity index (χ0n) is 30.8. The smallest absolute Gasteiger partial charge is 0.227 e. The predicted octanol–water partition coefficient (Wildman–Crippen LogP) is 15.0. The maximum atomic E-state index is 6.43. The molecule has 0 spiro atoms. The highest BCUT2D eigenvalue weighted by Gasteiger charge is 2.17. The largest absolute Gasteiger partial charge is 0.456 e. The lowest BCUT2D eigenvalue weighted by molar-refractivity contribution is 0.620. The van der Waals surface area contributed by atoms with Crippen LogP contribution in [0.3, 0.4) is 0 Å². The Balaban J connectivity index is 0.938. The topological polar surface area (TPSA) is 42.4 Å². The van der Waals surface area contributed by atoms with Crippen molar-refractivity contribution in [2.45, 2.75) is 0 Å². The fourth-order valence-corrected chi connectivity index (χ4v) is 8.03. The first-order valence-electron chi connectivity index (χ1n) is 19.2. The van der Waals surface area contributed by atoms with Gasteiger partial charge in [0, 0.05) is 39.5 Å². The molecule has 2 aromatic heterocycles. The zero-order valence-corrected chi connectivity index (χ0v) is 30.8. The van der Waals surface area contributed by atoms with E-state index in [4.69, 9.17) is 13.8 Å². The lowest BCUT2D eigenvalue weighted by Crippen LogP contribution is -2.09. The number of nitrogens with zero attached hydrogens (tertiary/aromatic N) is 2. The summed E-state index contributed by atoms with van der Waals surface area (Å²) < 4.78 is 12.6. The quantitative estimate of drug-likeness (QED) is 0.164. The van der Waals surface area contributed by atoms with Crippen LogP contribution in [0.5, 0.6) is 0 Å². The molecular formula is C53H34N2O2. The fraction of sp³-hybridized carbons (Fsp3) is 0. The van der Waals surface area contributed by atoms with Gasteiger partial charge < -0.3 is 13.7 Å². The van der Waals surface area contributed by atoms with E-state index in [0.29, 0.717) is 5.89 Å². The van der Waals surface area contributed by atoms with E-state index in [1.165, 1.54) is 33.0 Å². The van der Waals surface area contributed by atoms with Crippen molar-refractivity contribution in [3.05, 3.63) is 206 Å². The molecule has 0 saturated carbocycles. The first-order chi connectivity index (χ1) is 28.2. The molecular weight excluding hydrogens is 697 g/mol. The first kappa shape index (κ1) is 32.7. The Hall–Kier alpha value is -7.69. The van der Waals surface area contributed by atoms with Crippen LogP contribution in [0.25, 0.3) is 88.6 Å². The Morgan fingerprint density at radius 3 is 1.58 bits per heavy atom. The predicted molar refractivity (Wildman–Crippen MR) is 235 cm³/mol. The molecule has 268 valence electrons. The van der Waals surface area contributed by atoms with Crippen LogP contribution in [0.1, 0.15) is 0 Å². The molecule has 0 aliphatic heterocycles. The molecule has 57 heavy (non-hydrogen) atoms. The van der Waals surface area contributed by atoms with Gasteiger partial charge in [-0.15, -0.1) is 0 Å². The number of hydrogen-bond donors (Lipinski definition) is 0. The Labute approximate surface area is 329 Å². The molecule has 11 aromatic rings. The van der Waals surface area contributed by atoms with Crippen molar-refractivity contribution < 1.29 is 8.83 Å². The van der Waals surface area contributed by atoms with E-state index in [1.54, 1.807) is 0 Å². The SMILES string of the molecule is c1ccc(-c2ccc(N(c3ccc(-c4ccc5c(c4)oc4cc6nc(-c7ccccc7)oc6cc45)cc3)c3ccc(-c4cccc5ccccc45)cc3)cc2)cc1. The molecule has 9 aromatic carbocycles. The minimum atomic E-state index is 0.606. The standard InChI is InChI=1S/C53H34N2O2/c1-3-10-35(11-4-1)36-18-25-42(26-19-36)55(44-29-22-39(23-30-44)46-17-9-15-38-12-7-8-16-45(38)46)43-27-20-37(21-28-43)41-24-31-47-48-33-52-49(34-51(48)56-50(47)32-41)54-53(57-52)40-13-5-2-6-14-40/h1-34H. The lowest BCUT2D eigenvalue weighted by Gasteiger charge is -2.26. The van der Waals surface area contributed by atoms with Crippen LogP contribution in [-0.2, 0) is 0 Å². The first-order valence-corrected chi connectivity index (χ1v) is 19.2. The van der Waals surface area contributed by atoms with Gasteiger partial charge in [0.25, 0.3) is 0 Å². The number of anilines is 3. The minimum absolute atomic E-state index is 0.606. The average molecular weight is 731 g/mol. The molecule has 0 bridgehead atoms. The van der Waals surface area contributed by atoms with E-state index in [1.807, 2.05) is 42.5 Å². The molecule has 0 aliphatic carbocycles. The number of aromatic nitrogens is 1. The normalized spacial score (nSPS) is 11.5. The molecule has 0 radical (unpaired) electrons. The van der Waals surface area contributed by atoms with Crippen LogP contribution < -0.4 is 4.90 Å². The molecule has 0 atom stereocenters. The molecule has 0 saturated heterocycles. The monoisotopic (exact) mass is 730 g/mol. The van der Waals surface area contributed by atoms with Crippen LogP contribution >= 0.6 is 0 Å². The van der Waals surface area contributed by atoms with E-state index < -0.39 is 0 Å². The van der Waals surface area contributed by atoms with Crippen molar-refractivity contribution in [1.29, 1.82) is 0 Å². The molecule has 0 aliphatic rings. The van der Waals surface area contributed by atoms with E-state index in [9.17, 15) is 0 Å². The molecule has 0 unspecified atom stereocenters. The maximum Gasteiger partial charge on any atom is 0.227 e. The summed E-state index contributed by atoms with van der Waals surface area (Å²) in [4.78, 5) is 7.07. The van der Waals surface area contributed by atoms with Crippen molar-refractivity contribution in [3.63, 3.8) is 0 Å². The molecule has 4 nitrogen and oxygen atoms in total. The third-order valence-corrected chi connectivity index (χ3v) is 10.9. The van der Waals surface area contributed by atoms with Gasteiger partial charge in [-0.2, -0.15) is 0 Å². The summed E-state index contributed by atoms with van der Waals surface area (Å²) in [6.45, 7) is 0. The van der Waals surface area contributed by atoms with Gasteiger partial charge in [-0.1, -0.05) is 133 Å². The van der Waals surface area contributed by atoms with Crippen LogP contribution in [0.15, 0.2) is 215 Å². The highest BCUT2D eigenvalue weighted by atomic mass is 16.4. The van der Waals surface area contributed by atoms with Crippen molar-refractivity contribution in [2.75, 3.05) is 4.90 Å². The number of oxazole rings is 1. The second-order valence-corrected chi connectivity index (χ2v) is 14.4. The van der Waals surface area contributed by atoms with E-state index in [0.717, 1.165) is 66.8 Å². The van der Waals surface area contributed by atoms with E-state index >= 15 is 0 Å². The molecule has 0 fully saturated rings. The van der Waals surface area contributed by atoms with Gasteiger partial charge in [-0.05, 0) is 111 Å². The Morgan fingerprint density at radius 2 is 0.877 bits per heavy atom. The summed E-state index contributed by atoms with van der Waals surface area (Å²) in [5.74, 6) is 0.606. The van der Waals surface area contributed by atoms with Gasteiger partial charge in [-0.25, -0.2) is 4.98 Å². The van der Waals surface area contributed by atoms with Crippen molar-refractivity contribution >= 4 is 60.9 Å². The van der Waals surface area contributed by atoms with Crippen LogP contribution in [-0.4, -0.2) is 4.98 Å². The fourth-order valence-electron chi connectivity index (χ4n) is 8.03. The summed E-state index contributed by atoms with van der Waals surface area (Å²) in [6, 6.07) is 72.5. The summed E-state index contributed by atoms with van der Waals surface area (Å²) in [5.41, 5.74) is 14.3. The van der Waals surface area contributed by atoms with Gasteiger partial charge in [0.15, 0.2) is 5.58 Å². The molecule has 0 N–H and O–H groups in total. The average Bonchev–Trinajstić information content (AvgIpc) is 3.87. The van der Waals surface area contributed by atoms with Gasteiger partial charge in [-0.3, -0.25) is 0 Å². The van der Waals surface area contributed by atoms with Gasteiger partial charge >= 0.3 is 0 Å². The number of fused-ring (bicyclic) bond motifs is 5. The lowest BCUT2D eigenvalue weighted by atomic mass is 9.98. The number of furan rings is 1. The van der Waals surface area contributed by atoms with Crippen molar-refractivity contribution in [2.24, 2.45) is 0 Å². The Morgan fingerprint density at radius 1 is 0.333 bits per heavy atom.